The Morgan fingerprint density at radius 1 is 1.35 bits per heavy atom. The lowest BCUT2D eigenvalue weighted by Gasteiger charge is -2.05. The number of aromatic nitrogens is 1. The lowest BCUT2D eigenvalue weighted by atomic mass is 10.1. The summed E-state index contributed by atoms with van der Waals surface area (Å²) in [6.07, 6.45) is 0. The Kier molecular flexibility index (Phi) is 3.38. The fourth-order valence-corrected chi connectivity index (χ4v) is 3.16. The van der Waals surface area contributed by atoms with E-state index in [0.29, 0.717) is 26.2 Å². The highest BCUT2D eigenvalue weighted by Crippen LogP contribution is 2.39. The maximum absolute atomic E-state index is 11.2. The van der Waals surface area contributed by atoms with Crippen molar-refractivity contribution in [3.8, 4) is 10.4 Å². The standard InChI is InChI=1S/C11H7Cl2NO2S/c1-5-8(11(15)16)10(17-14-5)9-6(12)3-2-4-7(9)13/h2-4H,1H3,(H,15,16). The number of aryl methyl sites for hydroxylation is 1. The Morgan fingerprint density at radius 3 is 2.47 bits per heavy atom. The summed E-state index contributed by atoms with van der Waals surface area (Å²) in [4.78, 5) is 11.7. The number of aromatic carboxylic acids is 1. The average Bonchev–Trinajstić information content (AvgIpc) is 2.60. The molecule has 2 rings (SSSR count). The van der Waals surface area contributed by atoms with Crippen LogP contribution in [0.25, 0.3) is 10.4 Å². The quantitative estimate of drug-likeness (QED) is 0.904. The molecule has 0 saturated heterocycles. The predicted molar refractivity (Wildman–Crippen MR) is 69.3 cm³/mol. The van der Waals surface area contributed by atoms with E-state index in [1.54, 1.807) is 25.1 Å². The molecule has 0 spiro atoms. The Hall–Kier alpha value is -1.10. The van der Waals surface area contributed by atoms with Crippen LogP contribution in [0.15, 0.2) is 18.2 Å². The molecule has 1 heterocycles. The fourth-order valence-electron chi connectivity index (χ4n) is 1.51. The van der Waals surface area contributed by atoms with E-state index in [2.05, 4.69) is 4.37 Å². The van der Waals surface area contributed by atoms with E-state index < -0.39 is 5.97 Å². The molecule has 0 fully saturated rings. The number of hydrogen-bond acceptors (Lipinski definition) is 3. The highest BCUT2D eigenvalue weighted by Gasteiger charge is 2.22. The molecular weight excluding hydrogens is 281 g/mol. The van der Waals surface area contributed by atoms with E-state index in [1.165, 1.54) is 0 Å². The number of carboxylic acids is 1. The van der Waals surface area contributed by atoms with Crippen LogP contribution >= 0.6 is 34.7 Å². The van der Waals surface area contributed by atoms with Crippen LogP contribution in [0.5, 0.6) is 0 Å². The SMILES string of the molecule is Cc1nsc(-c2c(Cl)cccc2Cl)c1C(=O)O. The fraction of sp³-hybridized carbons (Fsp3) is 0.0909. The van der Waals surface area contributed by atoms with Crippen molar-refractivity contribution < 1.29 is 9.90 Å². The van der Waals surface area contributed by atoms with Crippen molar-refractivity contribution in [2.24, 2.45) is 0 Å². The maximum atomic E-state index is 11.2. The highest BCUT2D eigenvalue weighted by molar-refractivity contribution is 7.10. The van der Waals surface area contributed by atoms with Crippen molar-refractivity contribution in [2.75, 3.05) is 0 Å². The Bertz CT molecular complexity index is 575. The third kappa shape index (κ3) is 2.16. The second-order valence-electron chi connectivity index (χ2n) is 3.37. The molecule has 3 nitrogen and oxygen atoms in total. The van der Waals surface area contributed by atoms with Crippen LogP contribution in [0.2, 0.25) is 10.0 Å². The van der Waals surface area contributed by atoms with Gasteiger partial charge in [-0.05, 0) is 30.6 Å². The second kappa shape index (κ2) is 4.64. The van der Waals surface area contributed by atoms with Crippen molar-refractivity contribution in [3.63, 3.8) is 0 Å². The number of carbonyl (C=O) groups is 1. The first-order chi connectivity index (χ1) is 8.02. The number of benzene rings is 1. The van der Waals surface area contributed by atoms with Gasteiger partial charge in [-0.25, -0.2) is 4.79 Å². The van der Waals surface area contributed by atoms with Gasteiger partial charge in [0, 0.05) is 5.56 Å². The number of hydrogen-bond donors (Lipinski definition) is 1. The van der Waals surface area contributed by atoms with Gasteiger partial charge in [0.2, 0.25) is 0 Å². The van der Waals surface area contributed by atoms with Crippen LogP contribution in [-0.4, -0.2) is 15.4 Å². The minimum Gasteiger partial charge on any atom is -0.478 e. The zero-order valence-corrected chi connectivity index (χ0v) is 11.0. The molecule has 0 aliphatic rings. The summed E-state index contributed by atoms with van der Waals surface area (Å²) in [6, 6.07) is 5.05. The third-order valence-corrected chi connectivity index (χ3v) is 3.85. The van der Waals surface area contributed by atoms with Gasteiger partial charge < -0.3 is 5.11 Å². The van der Waals surface area contributed by atoms with Crippen molar-refractivity contribution in [2.45, 2.75) is 6.92 Å². The number of rotatable bonds is 2. The van der Waals surface area contributed by atoms with Crippen molar-refractivity contribution in [1.82, 2.24) is 4.37 Å². The molecule has 17 heavy (non-hydrogen) atoms. The lowest BCUT2D eigenvalue weighted by Crippen LogP contribution is -1.99. The Morgan fingerprint density at radius 2 is 1.94 bits per heavy atom. The molecule has 0 atom stereocenters. The molecule has 0 aliphatic heterocycles. The second-order valence-corrected chi connectivity index (χ2v) is 4.96. The van der Waals surface area contributed by atoms with Crippen LogP contribution in [0.3, 0.4) is 0 Å². The van der Waals surface area contributed by atoms with Gasteiger partial charge in [0.15, 0.2) is 0 Å². The van der Waals surface area contributed by atoms with E-state index in [9.17, 15) is 4.79 Å². The molecule has 0 aliphatic carbocycles. The lowest BCUT2D eigenvalue weighted by molar-refractivity contribution is 0.0697. The average molecular weight is 288 g/mol. The summed E-state index contributed by atoms with van der Waals surface area (Å²) in [5.41, 5.74) is 1.15. The first-order valence-electron chi connectivity index (χ1n) is 4.66. The maximum Gasteiger partial charge on any atom is 0.339 e. The van der Waals surface area contributed by atoms with Crippen molar-refractivity contribution >= 4 is 40.7 Å². The summed E-state index contributed by atoms with van der Waals surface area (Å²) >= 11 is 13.2. The molecule has 0 radical (unpaired) electrons. The summed E-state index contributed by atoms with van der Waals surface area (Å²) in [5, 5.41) is 10.00. The molecule has 0 unspecified atom stereocenters. The van der Waals surface area contributed by atoms with Gasteiger partial charge in [-0.1, -0.05) is 29.3 Å². The number of carboxylic acid groups (broad SMARTS) is 1. The summed E-state index contributed by atoms with van der Waals surface area (Å²) < 4.78 is 4.04. The first kappa shape index (κ1) is 12.4. The van der Waals surface area contributed by atoms with Gasteiger partial charge in [-0.2, -0.15) is 4.37 Å². The monoisotopic (exact) mass is 287 g/mol. The van der Waals surface area contributed by atoms with E-state index in [0.717, 1.165) is 11.5 Å². The van der Waals surface area contributed by atoms with E-state index >= 15 is 0 Å². The van der Waals surface area contributed by atoms with E-state index in [1.807, 2.05) is 0 Å². The normalized spacial score (nSPS) is 10.5. The van der Waals surface area contributed by atoms with Crippen molar-refractivity contribution in [3.05, 3.63) is 39.5 Å². The molecule has 1 aromatic heterocycles. The number of halogens is 2. The Balaban J connectivity index is 2.73. The zero-order chi connectivity index (χ0) is 12.6. The van der Waals surface area contributed by atoms with Gasteiger partial charge in [0.1, 0.15) is 5.56 Å². The molecule has 1 N–H and O–H groups in total. The molecule has 6 heteroatoms. The Labute approximate surface area is 112 Å². The van der Waals surface area contributed by atoms with Gasteiger partial charge in [0.05, 0.1) is 20.6 Å². The van der Waals surface area contributed by atoms with Crippen LogP contribution in [0.4, 0.5) is 0 Å². The topological polar surface area (TPSA) is 50.2 Å². The first-order valence-corrected chi connectivity index (χ1v) is 6.19. The summed E-state index contributed by atoms with van der Waals surface area (Å²) in [6.45, 7) is 1.65. The summed E-state index contributed by atoms with van der Waals surface area (Å²) in [5.74, 6) is -1.03. The minimum atomic E-state index is -1.03. The van der Waals surface area contributed by atoms with Gasteiger partial charge >= 0.3 is 5.97 Å². The summed E-state index contributed by atoms with van der Waals surface area (Å²) in [7, 11) is 0. The van der Waals surface area contributed by atoms with Crippen LogP contribution < -0.4 is 0 Å². The van der Waals surface area contributed by atoms with Gasteiger partial charge in [-0.3, -0.25) is 0 Å². The van der Waals surface area contributed by atoms with Crippen molar-refractivity contribution in [1.29, 1.82) is 0 Å². The molecule has 0 amide bonds. The number of nitrogens with zero attached hydrogens (tertiary/aromatic N) is 1. The zero-order valence-electron chi connectivity index (χ0n) is 8.70. The van der Waals surface area contributed by atoms with Crippen LogP contribution in [0.1, 0.15) is 16.1 Å². The molecule has 2 aromatic rings. The van der Waals surface area contributed by atoms with E-state index in [4.69, 9.17) is 28.3 Å². The predicted octanol–water partition coefficient (Wildman–Crippen LogP) is 4.12. The molecular formula is C11H7Cl2NO2S. The van der Waals surface area contributed by atoms with E-state index in [-0.39, 0.29) is 5.56 Å². The third-order valence-electron chi connectivity index (χ3n) is 2.27. The molecule has 0 bridgehead atoms. The van der Waals surface area contributed by atoms with Crippen LogP contribution in [-0.2, 0) is 0 Å². The molecule has 0 saturated carbocycles. The van der Waals surface area contributed by atoms with Gasteiger partial charge in [0.25, 0.3) is 0 Å². The molecule has 88 valence electrons. The molecule has 1 aromatic carbocycles. The van der Waals surface area contributed by atoms with Gasteiger partial charge in [-0.15, -0.1) is 0 Å². The smallest absolute Gasteiger partial charge is 0.339 e. The highest BCUT2D eigenvalue weighted by atomic mass is 35.5. The van der Waals surface area contributed by atoms with Crippen LogP contribution in [0, 0.1) is 6.92 Å². The largest absolute Gasteiger partial charge is 0.478 e. The minimum absolute atomic E-state index is 0.157.